The number of carbonyl (C=O) groups excluding carboxylic acids is 1. The topological polar surface area (TPSA) is 57.6 Å². The Labute approximate surface area is 103 Å². The summed E-state index contributed by atoms with van der Waals surface area (Å²) in [7, 11) is 0. The normalized spacial score (nSPS) is 26.6. The minimum absolute atomic E-state index is 0.0137. The number of hydrogen-bond acceptors (Lipinski definition) is 2. The van der Waals surface area contributed by atoms with Gasteiger partial charge in [-0.25, -0.2) is 0 Å². The van der Waals surface area contributed by atoms with Gasteiger partial charge in [-0.15, -0.1) is 0 Å². The average Bonchev–Trinajstić information content (AvgIpc) is 2.27. The summed E-state index contributed by atoms with van der Waals surface area (Å²) in [4.78, 5) is 24.9. The first-order valence-electron chi connectivity index (χ1n) is 6.47. The summed E-state index contributed by atoms with van der Waals surface area (Å²) < 4.78 is 0. The van der Waals surface area contributed by atoms with Gasteiger partial charge in [0.15, 0.2) is 0 Å². The lowest BCUT2D eigenvalue weighted by atomic mass is 9.89. The summed E-state index contributed by atoms with van der Waals surface area (Å²) in [6.07, 6.45) is 2.54. The van der Waals surface area contributed by atoms with Crippen LogP contribution in [0.25, 0.3) is 0 Å². The van der Waals surface area contributed by atoms with Gasteiger partial charge >= 0.3 is 5.97 Å². The molecule has 0 radical (unpaired) electrons. The van der Waals surface area contributed by atoms with E-state index in [4.69, 9.17) is 5.11 Å². The Kier molecular flexibility index (Phi) is 4.97. The Morgan fingerprint density at radius 2 is 2.06 bits per heavy atom. The Balaban J connectivity index is 2.63. The summed E-state index contributed by atoms with van der Waals surface area (Å²) >= 11 is 0. The average molecular weight is 241 g/mol. The van der Waals surface area contributed by atoms with Crippen molar-refractivity contribution < 1.29 is 14.7 Å². The summed E-state index contributed by atoms with van der Waals surface area (Å²) in [5.41, 5.74) is 0. The fourth-order valence-corrected chi connectivity index (χ4v) is 2.58. The van der Waals surface area contributed by atoms with Gasteiger partial charge in [0, 0.05) is 19.0 Å². The Bertz CT molecular complexity index is 290. The lowest BCUT2D eigenvalue weighted by Gasteiger charge is -2.36. The first-order valence-corrected chi connectivity index (χ1v) is 6.47. The van der Waals surface area contributed by atoms with Crippen LogP contribution in [0.1, 0.15) is 40.0 Å². The molecular formula is C13H23NO3. The molecule has 0 aromatic heterocycles. The number of carbonyl (C=O) groups is 2. The number of rotatable bonds is 4. The van der Waals surface area contributed by atoms with Crippen LogP contribution < -0.4 is 0 Å². The Morgan fingerprint density at radius 1 is 1.41 bits per heavy atom. The van der Waals surface area contributed by atoms with Gasteiger partial charge in [-0.2, -0.15) is 0 Å². The van der Waals surface area contributed by atoms with Gasteiger partial charge in [-0.1, -0.05) is 27.2 Å². The van der Waals surface area contributed by atoms with Gasteiger partial charge in [0.1, 0.15) is 0 Å². The van der Waals surface area contributed by atoms with E-state index in [0.29, 0.717) is 19.5 Å². The van der Waals surface area contributed by atoms with Crippen LogP contribution in [-0.2, 0) is 9.59 Å². The van der Waals surface area contributed by atoms with Crippen molar-refractivity contribution in [1.29, 1.82) is 0 Å². The molecule has 1 rings (SSSR count). The predicted molar refractivity (Wildman–Crippen MR) is 65.6 cm³/mol. The first kappa shape index (κ1) is 14.0. The number of likely N-dealkylation sites (tertiary alicyclic amines) is 1. The number of nitrogens with zero attached hydrogens (tertiary/aromatic N) is 1. The number of piperidine rings is 1. The maximum Gasteiger partial charge on any atom is 0.308 e. The number of aliphatic carboxylic acids is 1. The number of hydrogen-bond donors (Lipinski definition) is 1. The highest BCUT2D eigenvalue weighted by Crippen LogP contribution is 2.23. The lowest BCUT2D eigenvalue weighted by Crippen LogP contribution is -2.47. The van der Waals surface area contributed by atoms with E-state index in [0.717, 1.165) is 12.8 Å². The summed E-state index contributed by atoms with van der Waals surface area (Å²) in [6, 6.07) is 0. The molecule has 4 heteroatoms. The zero-order valence-electron chi connectivity index (χ0n) is 11.0. The fourth-order valence-electron chi connectivity index (χ4n) is 2.58. The molecular weight excluding hydrogens is 218 g/mol. The largest absolute Gasteiger partial charge is 0.481 e. The molecule has 0 aromatic rings. The van der Waals surface area contributed by atoms with Gasteiger partial charge in [-0.05, 0) is 18.8 Å². The van der Waals surface area contributed by atoms with Crippen molar-refractivity contribution in [2.75, 3.05) is 13.1 Å². The van der Waals surface area contributed by atoms with Crippen LogP contribution in [0.2, 0.25) is 0 Å². The van der Waals surface area contributed by atoms with E-state index in [2.05, 4.69) is 6.92 Å². The monoisotopic (exact) mass is 241 g/mol. The second-order valence-electron chi connectivity index (χ2n) is 5.31. The van der Waals surface area contributed by atoms with Crippen LogP contribution in [0.15, 0.2) is 0 Å². The van der Waals surface area contributed by atoms with E-state index in [-0.39, 0.29) is 17.7 Å². The summed E-state index contributed by atoms with van der Waals surface area (Å²) in [5.74, 6) is -0.763. The van der Waals surface area contributed by atoms with Crippen LogP contribution in [0.5, 0.6) is 0 Å². The molecule has 98 valence electrons. The quantitative estimate of drug-likeness (QED) is 0.819. The number of amides is 1. The SMILES string of the molecule is CCCC(C)C(=O)N1CC(C)CC(C(=O)O)C1. The van der Waals surface area contributed by atoms with Gasteiger partial charge in [0.2, 0.25) is 5.91 Å². The molecule has 1 amide bonds. The second kappa shape index (κ2) is 6.03. The van der Waals surface area contributed by atoms with Gasteiger partial charge < -0.3 is 10.0 Å². The van der Waals surface area contributed by atoms with Gasteiger partial charge in [0.05, 0.1) is 5.92 Å². The van der Waals surface area contributed by atoms with E-state index in [9.17, 15) is 9.59 Å². The van der Waals surface area contributed by atoms with Crippen LogP contribution in [0.3, 0.4) is 0 Å². The molecule has 1 aliphatic heterocycles. The first-order chi connectivity index (χ1) is 7.95. The highest BCUT2D eigenvalue weighted by atomic mass is 16.4. The molecule has 1 fully saturated rings. The number of carboxylic acid groups (broad SMARTS) is 1. The highest BCUT2D eigenvalue weighted by molar-refractivity contribution is 5.79. The highest BCUT2D eigenvalue weighted by Gasteiger charge is 2.33. The molecule has 1 heterocycles. The molecule has 0 saturated carbocycles. The van der Waals surface area contributed by atoms with Crippen molar-refractivity contribution in [1.82, 2.24) is 4.90 Å². The van der Waals surface area contributed by atoms with Crippen molar-refractivity contribution in [2.24, 2.45) is 17.8 Å². The smallest absolute Gasteiger partial charge is 0.308 e. The molecule has 17 heavy (non-hydrogen) atoms. The van der Waals surface area contributed by atoms with E-state index < -0.39 is 11.9 Å². The minimum Gasteiger partial charge on any atom is -0.481 e. The zero-order chi connectivity index (χ0) is 13.0. The molecule has 3 unspecified atom stereocenters. The lowest BCUT2D eigenvalue weighted by molar-refractivity contribution is -0.148. The number of carboxylic acids is 1. The molecule has 0 bridgehead atoms. The van der Waals surface area contributed by atoms with Gasteiger partial charge in [-0.3, -0.25) is 9.59 Å². The van der Waals surface area contributed by atoms with Crippen LogP contribution in [-0.4, -0.2) is 35.0 Å². The molecule has 1 aliphatic rings. The Morgan fingerprint density at radius 3 is 2.59 bits per heavy atom. The van der Waals surface area contributed by atoms with Crippen molar-refractivity contribution in [2.45, 2.75) is 40.0 Å². The van der Waals surface area contributed by atoms with Crippen molar-refractivity contribution >= 4 is 11.9 Å². The van der Waals surface area contributed by atoms with Crippen molar-refractivity contribution in [3.8, 4) is 0 Å². The predicted octanol–water partition coefficient (Wildman–Crippen LogP) is 1.99. The Hall–Kier alpha value is -1.06. The van der Waals surface area contributed by atoms with E-state index >= 15 is 0 Å². The van der Waals surface area contributed by atoms with Crippen LogP contribution in [0, 0.1) is 17.8 Å². The van der Waals surface area contributed by atoms with Crippen LogP contribution >= 0.6 is 0 Å². The minimum atomic E-state index is -0.780. The van der Waals surface area contributed by atoms with Gasteiger partial charge in [0.25, 0.3) is 0 Å². The third kappa shape index (κ3) is 3.72. The maximum absolute atomic E-state index is 12.1. The molecule has 0 spiro atoms. The van der Waals surface area contributed by atoms with E-state index in [1.54, 1.807) is 4.90 Å². The molecule has 0 aliphatic carbocycles. The van der Waals surface area contributed by atoms with E-state index in [1.807, 2.05) is 13.8 Å². The summed E-state index contributed by atoms with van der Waals surface area (Å²) in [5, 5.41) is 9.06. The molecule has 3 atom stereocenters. The maximum atomic E-state index is 12.1. The third-order valence-electron chi connectivity index (χ3n) is 3.46. The third-order valence-corrected chi connectivity index (χ3v) is 3.46. The van der Waals surface area contributed by atoms with Crippen LogP contribution in [0.4, 0.5) is 0 Å². The molecule has 1 N–H and O–H groups in total. The van der Waals surface area contributed by atoms with Crippen molar-refractivity contribution in [3.63, 3.8) is 0 Å². The van der Waals surface area contributed by atoms with E-state index in [1.165, 1.54) is 0 Å². The standard InChI is InChI=1S/C13H23NO3/c1-4-5-10(3)12(15)14-7-9(2)6-11(8-14)13(16)17/h9-11H,4-8H2,1-3H3,(H,16,17). The second-order valence-corrected chi connectivity index (χ2v) is 5.31. The van der Waals surface area contributed by atoms with Crippen molar-refractivity contribution in [3.05, 3.63) is 0 Å². The molecule has 4 nitrogen and oxygen atoms in total. The molecule has 0 aromatic carbocycles. The zero-order valence-corrected chi connectivity index (χ0v) is 11.0. The molecule has 1 saturated heterocycles. The fraction of sp³-hybridized carbons (Fsp3) is 0.846. The summed E-state index contributed by atoms with van der Waals surface area (Å²) in [6.45, 7) is 7.09.